The lowest BCUT2D eigenvalue weighted by Gasteiger charge is -2.33. The van der Waals surface area contributed by atoms with Crippen molar-refractivity contribution in [3.63, 3.8) is 0 Å². The van der Waals surface area contributed by atoms with Crippen LogP contribution in [0.5, 0.6) is 0 Å². The number of hydrogen-bond acceptors (Lipinski definition) is 5. The molecule has 1 unspecified atom stereocenters. The fraction of sp³-hybridized carbons (Fsp3) is 0.875. The van der Waals surface area contributed by atoms with Crippen molar-refractivity contribution in [3.05, 3.63) is 11.7 Å². The fourth-order valence-electron chi connectivity index (χ4n) is 3.64. The van der Waals surface area contributed by atoms with Gasteiger partial charge >= 0.3 is 0 Å². The maximum Gasteiger partial charge on any atom is 0.229 e. The highest BCUT2D eigenvalue weighted by molar-refractivity contribution is 5.00. The highest BCUT2D eigenvalue weighted by Crippen LogP contribution is 2.33. The number of rotatable bonds is 5. The molecule has 1 aliphatic carbocycles. The molecule has 1 aliphatic heterocycles. The number of nitrogens with one attached hydrogen (secondary N) is 1. The largest absolute Gasteiger partial charge is 0.339 e. The molecule has 1 saturated carbocycles. The van der Waals surface area contributed by atoms with Crippen molar-refractivity contribution in [2.24, 2.45) is 0 Å². The van der Waals surface area contributed by atoms with Crippen molar-refractivity contribution in [1.29, 1.82) is 0 Å². The summed E-state index contributed by atoms with van der Waals surface area (Å²) in [6.07, 6.45) is 8.67. The third kappa shape index (κ3) is 3.64. The summed E-state index contributed by atoms with van der Waals surface area (Å²) >= 11 is 0. The summed E-state index contributed by atoms with van der Waals surface area (Å²) < 4.78 is 5.62. The van der Waals surface area contributed by atoms with Gasteiger partial charge in [-0.3, -0.25) is 4.90 Å². The standard InChI is InChI=1S/C16H28N4O/c1-2-6-14(20-11-9-17-10-12-20)15-18-16(21-19-15)13-7-4-3-5-8-13/h13-14,17H,2-12H2,1H3. The van der Waals surface area contributed by atoms with Gasteiger partial charge in [0, 0.05) is 32.1 Å². The SMILES string of the molecule is CCCC(c1noc(C2CCCCC2)n1)N1CCNCC1. The van der Waals surface area contributed by atoms with Gasteiger partial charge in [-0.2, -0.15) is 4.98 Å². The minimum Gasteiger partial charge on any atom is -0.339 e. The Labute approximate surface area is 127 Å². The summed E-state index contributed by atoms with van der Waals surface area (Å²) in [7, 11) is 0. The molecule has 1 aromatic heterocycles. The predicted molar refractivity (Wildman–Crippen MR) is 82.2 cm³/mol. The molecule has 118 valence electrons. The summed E-state index contributed by atoms with van der Waals surface area (Å²) in [6, 6.07) is 0.332. The second kappa shape index (κ2) is 7.36. The van der Waals surface area contributed by atoms with Gasteiger partial charge < -0.3 is 9.84 Å². The van der Waals surface area contributed by atoms with Crippen molar-refractivity contribution < 1.29 is 4.52 Å². The Morgan fingerprint density at radius 2 is 2.00 bits per heavy atom. The average molecular weight is 292 g/mol. The van der Waals surface area contributed by atoms with E-state index in [4.69, 9.17) is 9.51 Å². The van der Waals surface area contributed by atoms with Crippen molar-refractivity contribution in [2.45, 2.75) is 63.8 Å². The quantitative estimate of drug-likeness (QED) is 0.904. The molecule has 1 N–H and O–H groups in total. The van der Waals surface area contributed by atoms with E-state index in [0.717, 1.165) is 50.7 Å². The van der Waals surface area contributed by atoms with E-state index < -0.39 is 0 Å². The second-order valence-electron chi connectivity index (χ2n) is 6.42. The Morgan fingerprint density at radius 1 is 1.24 bits per heavy atom. The third-order valence-corrected chi connectivity index (χ3v) is 4.86. The zero-order chi connectivity index (χ0) is 14.5. The molecule has 1 saturated heterocycles. The van der Waals surface area contributed by atoms with Crippen LogP contribution < -0.4 is 5.32 Å². The van der Waals surface area contributed by atoms with Gasteiger partial charge in [0.1, 0.15) is 0 Å². The minimum absolute atomic E-state index is 0.332. The first-order chi connectivity index (χ1) is 10.4. The van der Waals surface area contributed by atoms with E-state index in [9.17, 15) is 0 Å². The van der Waals surface area contributed by atoms with Gasteiger partial charge in [-0.15, -0.1) is 0 Å². The first-order valence-corrected chi connectivity index (χ1v) is 8.66. The van der Waals surface area contributed by atoms with Crippen LogP contribution in [-0.4, -0.2) is 41.2 Å². The predicted octanol–water partition coefficient (Wildman–Crippen LogP) is 2.86. The van der Waals surface area contributed by atoms with Gasteiger partial charge in [0.05, 0.1) is 6.04 Å². The third-order valence-electron chi connectivity index (χ3n) is 4.86. The van der Waals surface area contributed by atoms with Crippen molar-refractivity contribution >= 4 is 0 Å². The maximum atomic E-state index is 5.62. The zero-order valence-electron chi connectivity index (χ0n) is 13.2. The van der Waals surface area contributed by atoms with Gasteiger partial charge in [-0.05, 0) is 19.3 Å². The number of piperazine rings is 1. The van der Waals surface area contributed by atoms with Crippen LogP contribution in [0.2, 0.25) is 0 Å². The Morgan fingerprint density at radius 3 is 2.71 bits per heavy atom. The van der Waals surface area contributed by atoms with E-state index in [2.05, 4.69) is 22.3 Å². The van der Waals surface area contributed by atoms with E-state index in [0.29, 0.717) is 12.0 Å². The van der Waals surface area contributed by atoms with Gasteiger partial charge in [0.25, 0.3) is 0 Å². The Kier molecular flexibility index (Phi) is 5.25. The van der Waals surface area contributed by atoms with E-state index in [-0.39, 0.29) is 0 Å². The maximum absolute atomic E-state index is 5.62. The van der Waals surface area contributed by atoms with Crippen LogP contribution in [0, 0.1) is 0 Å². The smallest absolute Gasteiger partial charge is 0.229 e. The molecule has 0 spiro atoms. The summed E-state index contributed by atoms with van der Waals surface area (Å²) in [5.74, 6) is 2.31. The molecule has 1 atom stereocenters. The Balaban J connectivity index is 1.71. The molecule has 0 bridgehead atoms. The molecule has 0 amide bonds. The normalized spacial score (nSPS) is 23.3. The number of hydrogen-bond donors (Lipinski definition) is 1. The molecule has 1 aromatic rings. The molecular weight excluding hydrogens is 264 g/mol. The van der Waals surface area contributed by atoms with Crippen molar-refractivity contribution in [1.82, 2.24) is 20.4 Å². The van der Waals surface area contributed by atoms with Crippen LogP contribution in [0.4, 0.5) is 0 Å². The summed E-state index contributed by atoms with van der Waals surface area (Å²) in [5.41, 5.74) is 0. The fourth-order valence-corrected chi connectivity index (χ4v) is 3.64. The van der Waals surface area contributed by atoms with Crippen molar-refractivity contribution in [3.8, 4) is 0 Å². The van der Waals surface area contributed by atoms with Gasteiger partial charge in [-0.25, -0.2) is 0 Å². The van der Waals surface area contributed by atoms with E-state index in [1.807, 2.05) is 0 Å². The van der Waals surface area contributed by atoms with Gasteiger partial charge in [-0.1, -0.05) is 37.8 Å². The topological polar surface area (TPSA) is 54.2 Å². The molecule has 21 heavy (non-hydrogen) atoms. The average Bonchev–Trinajstić information content (AvgIpc) is 3.04. The van der Waals surface area contributed by atoms with Gasteiger partial charge in [0.2, 0.25) is 5.89 Å². The highest BCUT2D eigenvalue weighted by Gasteiger charge is 2.28. The summed E-state index contributed by atoms with van der Waals surface area (Å²) in [6.45, 7) is 6.52. The molecule has 5 heteroatoms. The van der Waals surface area contributed by atoms with E-state index in [1.165, 1.54) is 32.1 Å². The number of nitrogens with zero attached hydrogens (tertiary/aromatic N) is 3. The first-order valence-electron chi connectivity index (χ1n) is 8.66. The highest BCUT2D eigenvalue weighted by atomic mass is 16.5. The van der Waals surface area contributed by atoms with Crippen LogP contribution in [0.25, 0.3) is 0 Å². The first kappa shape index (κ1) is 15.0. The lowest BCUT2D eigenvalue weighted by atomic mass is 9.89. The van der Waals surface area contributed by atoms with Crippen LogP contribution >= 0.6 is 0 Å². The molecule has 2 heterocycles. The molecule has 2 fully saturated rings. The molecule has 2 aliphatic rings. The lowest BCUT2D eigenvalue weighted by molar-refractivity contribution is 0.155. The molecular formula is C16H28N4O. The van der Waals surface area contributed by atoms with Crippen LogP contribution in [-0.2, 0) is 0 Å². The monoisotopic (exact) mass is 292 g/mol. The molecule has 0 radical (unpaired) electrons. The summed E-state index contributed by atoms with van der Waals surface area (Å²) in [5, 5.41) is 7.75. The number of aromatic nitrogens is 2. The second-order valence-corrected chi connectivity index (χ2v) is 6.42. The lowest BCUT2D eigenvalue weighted by Crippen LogP contribution is -2.45. The van der Waals surface area contributed by atoms with Crippen LogP contribution in [0.3, 0.4) is 0 Å². The Hall–Kier alpha value is -0.940. The minimum atomic E-state index is 0.332. The van der Waals surface area contributed by atoms with E-state index >= 15 is 0 Å². The van der Waals surface area contributed by atoms with Gasteiger partial charge in [0.15, 0.2) is 5.82 Å². The Bertz CT molecular complexity index is 422. The van der Waals surface area contributed by atoms with Crippen LogP contribution in [0.1, 0.15) is 75.5 Å². The van der Waals surface area contributed by atoms with Crippen molar-refractivity contribution in [2.75, 3.05) is 26.2 Å². The molecule has 0 aromatic carbocycles. The van der Waals surface area contributed by atoms with Crippen LogP contribution in [0.15, 0.2) is 4.52 Å². The molecule has 3 rings (SSSR count). The molecule has 5 nitrogen and oxygen atoms in total. The van der Waals surface area contributed by atoms with E-state index in [1.54, 1.807) is 0 Å². The zero-order valence-corrected chi connectivity index (χ0v) is 13.2. The summed E-state index contributed by atoms with van der Waals surface area (Å²) in [4.78, 5) is 7.30.